The first-order valence-corrected chi connectivity index (χ1v) is 13.5. The van der Waals surface area contributed by atoms with Crippen LogP contribution in [0.15, 0.2) is 0 Å². The Kier molecular flexibility index (Phi) is 25.1. The van der Waals surface area contributed by atoms with Gasteiger partial charge in [-0.3, -0.25) is 4.79 Å². The predicted molar refractivity (Wildman–Crippen MR) is 151 cm³/mol. The van der Waals surface area contributed by atoms with Crippen LogP contribution in [0.2, 0.25) is 0 Å². The molecule has 0 spiro atoms. The molecule has 0 aliphatic carbocycles. The Bertz CT molecular complexity index is 1050. The van der Waals surface area contributed by atoms with E-state index in [1.54, 1.807) is 6.92 Å². The SMILES string of the molecule is CC#CC#CC#CC#CC#CC#CC(=O)OC[C@H](CO)OC(=O)CCCCCCCCCCCCCCC. The van der Waals surface area contributed by atoms with E-state index < -0.39 is 24.6 Å². The average molecular weight is 517 g/mol. The molecule has 0 saturated heterocycles. The molecule has 0 aromatic carbocycles. The summed E-state index contributed by atoms with van der Waals surface area (Å²) in [6.45, 7) is 3.19. The highest BCUT2D eigenvalue weighted by atomic mass is 16.6. The van der Waals surface area contributed by atoms with E-state index in [0.717, 1.165) is 19.3 Å². The summed E-state index contributed by atoms with van der Waals surface area (Å²) in [5.74, 6) is 28.0. The van der Waals surface area contributed by atoms with Crippen molar-refractivity contribution >= 4 is 11.9 Å². The Morgan fingerprint density at radius 3 is 1.58 bits per heavy atom. The maximum Gasteiger partial charge on any atom is 0.385 e. The maximum atomic E-state index is 12.0. The zero-order chi connectivity index (χ0) is 27.9. The number of aliphatic hydroxyl groups is 1. The molecule has 0 heterocycles. The van der Waals surface area contributed by atoms with Crippen LogP contribution < -0.4 is 0 Å². The third-order valence-corrected chi connectivity index (χ3v) is 5.24. The van der Waals surface area contributed by atoms with Crippen LogP contribution in [0.3, 0.4) is 0 Å². The summed E-state index contributed by atoms with van der Waals surface area (Å²) < 4.78 is 10.1. The summed E-state index contributed by atoms with van der Waals surface area (Å²) in [6, 6.07) is 0. The maximum absolute atomic E-state index is 12.0. The molecule has 0 amide bonds. The summed E-state index contributed by atoms with van der Waals surface area (Å²) >= 11 is 0. The summed E-state index contributed by atoms with van der Waals surface area (Å²) in [7, 11) is 0. The zero-order valence-electron chi connectivity index (χ0n) is 23.0. The minimum atomic E-state index is -0.919. The Hall–Kier alpha value is -3.74. The van der Waals surface area contributed by atoms with Crippen molar-refractivity contribution < 1.29 is 24.2 Å². The molecular weight excluding hydrogens is 476 g/mol. The summed E-state index contributed by atoms with van der Waals surface area (Å²) in [6.07, 6.45) is 15.3. The molecule has 0 aliphatic rings. The van der Waals surface area contributed by atoms with Gasteiger partial charge in [-0.2, -0.15) is 0 Å². The van der Waals surface area contributed by atoms with E-state index in [4.69, 9.17) is 9.47 Å². The molecule has 0 saturated carbocycles. The lowest BCUT2D eigenvalue weighted by molar-refractivity contribution is -0.159. The van der Waals surface area contributed by atoms with Crippen LogP contribution >= 0.6 is 0 Å². The van der Waals surface area contributed by atoms with E-state index in [1.807, 2.05) is 0 Å². The molecule has 38 heavy (non-hydrogen) atoms. The Balaban J connectivity index is 3.94. The number of esters is 2. The number of hydrogen-bond donors (Lipinski definition) is 1. The summed E-state index contributed by atoms with van der Waals surface area (Å²) in [5, 5.41) is 9.38. The van der Waals surface area contributed by atoms with Gasteiger partial charge in [-0.05, 0) is 72.5 Å². The van der Waals surface area contributed by atoms with E-state index in [-0.39, 0.29) is 13.0 Å². The highest BCUT2D eigenvalue weighted by Gasteiger charge is 2.15. The molecule has 0 aromatic rings. The highest BCUT2D eigenvalue weighted by Crippen LogP contribution is 2.13. The smallest absolute Gasteiger partial charge is 0.385 e. The van der Waals surface area contributed by atoms with Crippen molar-refractivity contribution in [1.29, 1.82) is 0 Å². The fourth-order valence-electron chi connectivity index (χ4n) is 3.26. The van der Waals surface area contributed by atoms with Crippen molar-refractivity contribution in [2.45, 2.75) is 110 Å². The standard InChI is InChI=1S/C33H40O5/c1-3-5-7-9-11-13-15-16-18-20-22-24-26-28-33(36)38-31(29-34)30-37-32(35)27-25-23-21-19-17-14-12-10-8-6-4-2/h31,34H,3,5,7,9,11,13,15-16,18,20,22,24,26,28-30H2,1-2H3/t31-/m0/s1. The highest BCUT2D eigenvalue weighted by molar-refractivity contribution is 5.89. The first-order chi connectivity index (χ1) is 18.6. The largest absolute Gasteiger partial charge is 0.456 e. The Morgan fingerprint density at radius 2 is 1.11 bits per heavy atom. The van der Waals surface area contributed by atoms with E-state index in [9.17, 15) is 14.7 Å². The van der Waals surface area contributed by atoms with Gasteiger partial charge < -0.3 is 14.6 Å². The van der Waals surface area contributed by atoms with E-state index in [1.165, 1.54) is 64.2 Å². The minimum absolute atomic E-state index is 0.277. The molecular formula is C33H40O5. The molecule has 0 fully saturated rings. The molecule has 0 unspecified atom stereocenters. The second kappa shape index (κ2) is 27.8. The fraction of sp³-hybridized carbons (Fsp3) is 0.576. The zero-order valence-corrected chi connectivity index (χ0v) is 23.0. The third-order valence-electron chi connectivity index (χ3n) is 5.24. The lowest BCUT2D eigenvalue weighted by atomic mass is 10.0. The van der Waals surface area contributed by atoms with Crippen molar-refractivity contribution in [3.05, 3.63) is 0 Å². The first-order valence-electron chi connectivity index (χ1n) is 13.5. The van der Waals surface area contributed by atoms with E-state index in [0.29, 0.717) is 0 Å². The van der Waals surface area contributed by atoms with Gasteiger partial charge in [0.2, 0.25) is 0 Å². The van der Waals surface area contributed by atoms with Crippen LogP contribution in [-0.4, -0.2) is 36.4 Å². The van der Waals surface area contributed by atoms with Crippen LogP contribution in [0.4, 0.5) is 0 Å². The topological polar surface area (TPSA) is 72.8 Å². The normalized spacial score (nSPS) is 9.45. The third kappa shape index (κ3) is 25.4. The van der Waals surface area contributed by atoms with Crippen molar-refractivity contribution in [1.82, 2.24) is 0 Å². The summed E-state index contributed by atoms with van der Waals surface area (Å²) in [5.41, 5.74) is 0. The van der Waals surface area contributed by atoms with Gasteiger partial charge in [-0.25, -0.2) is 4.79 Å². The second-order valence-electron chi connectivity index (χ2n) is 8.51. The number of hydrogen-bond acceptors (Lipinski definition) is 5. The van der Waals surface area contributed by atoms with Crippen molar-refractivity contribution in [2.75, 3.05) is 13.2 Å². The quantitative estimate of drug-likeness (QED) is 0.121. The molecule has 0 rings (SSSR count). The van der Waals surface area contributed by atoms with Gasteiger partial charge in [0.25, 0.3) is 0 Å². The lowest BCUT2D eigenvalue weighted by Gasteiger charge is -2.14. The van der Waals surface area contributed by atoms with Gasteiger partial charge in [0.1, 0.15) is 6.61 Å². The summed E-state index contributed by atoms with van der Waals surface area (Å²) in [4.78, 5) is 23.6. The van der Waals surface area contributed by atoms with E-state index in [2.05, 4.69) is 78.0 Å². The molecule has 5 heteroatoms. The number of unbranched alkanes of at least 4 members (excludes halogenated alkanes) is 12. The molecule has 1 N–H and O–H groups in total. The van der Waals surface area contributed by atoms with Gasteiger partial charge in [-0.15, -0.1) is 0 Å². The predicted octanol–water partition coefficient (Wildman–Crippen LogP) is 4.96. The monoisotopic (exact) mass is 516 g/mol. The number of aliphatic hydroxyl groups excluding tert-OH is 1. The van der Waals surface area contributed by atoms with Gasteiger partial charge in [0.15, 0.2) is 6.10 Å². The number of ether oxygens (including phenoxy) is 2. The van der Waals surface area contributed by atoms with Crippen LogP contribution in [0.5, 0.6) is 0 Å². The number of rotatable bonds is 18. The minimum Gasteiger partial charge on any atom is -0.456 e. The second-order valence-corrected chi connectivity index (χ2v) is 8.51. The van der Waals surface area contributed by atoms with E-state index >= 15 is 0 Å². The van der Waals surface area contributed by atoms with Gasteiger partial charge >= 0.3 is 11.9 Å². The molecule has 0 radical (unpaired) electrons. The van der Waals surface area contributed by atoms with Gasteiger partial charge in [0, 0.05) is 12.3 Å². The van der Waals surface area contributed by atoms with Crippen LogP contribution in [0.1, 0.15) is 104 Å². The van der Waals surface area contributed by atoms with Crippen LogP contribution in [0.25, 0.3) is 0 Å². The Morgan fingerprint density at radius 1 is 0.658 bits per heavy atom. The molecule has 0 aliphatic heterocycles. The molecule has 0 aromatic heterocycles. The first kappa shape index (κ1) is 34.3. The van der Waals surface area contributed by atoms with Gasteiger partial charge in [0.05, 0.1) is 6.61 Å². The average Bonchev–Trinajstić information content (AvgIpc) is 2.92. The Labute approximate surface area is 230 Å². The van der Waals surface area contributed by atoms with Crippen LogP contribution in [-0.2, 0) is 19.1 Å². The number of carbonyl (C=O) groups is 2. The molecule has 0 bridgehead atoms. The van der Waals surface area contributed by atoms with Crippen molar-refractivity contribution in [2.24, 2.45) is 0 Å². The van der Waals surface area contributed by atoms with Gasteiger partial charge in [-0.1, -0.05) is 89.9 Å². The molecule has 1 atom stereocenters. The molecule has 5 nitrogen and oxygen atoms in total. The lowest BCUT2D eigenvalue weighted by Crippen LogP contribution is -2.28. The molecule has 202 valence electrons. The fourth-order valence-corrected chi connectivity index (χ4v) is 3.26. The van der Waals surface area contributed by atoms with Crippen molar-refractivity contribution in [3.63, 3.8) is 0 Å². The van der Waals surface area contributed by atoms with Crippen molar-refractivity contribution in [3.8, 4) is 71.0 Å². The number of carbonyl (C=O) groups excluding carboxylic acids is 2. The van der Waals surface area contributed by atoms with Crippen LogP contribution in [0, 0.1) is 71.0 Å².